The third-order valence-corrected chi connectivity index (χ3v) is 3.91. The SMILES string of the molecule is CNC(=O)C[C@H]1CN(C(=O)c2cccc(COC)c2)C[C@@H]1O. The maximum atomic E-state index is 12.5. The van der Waals surface area contributed by atoms with Gasteiger partial charge in [0.1, 0.15) is 0 Å². The van der Waals surface area contributed by atoms with Crippen LogP contribution in [0.2, 0.25) is 0 Å². The maximum Gasteiger partial charge on any atom is 0.253 e. The molecule has 0 saturated carbocycles. The number of rotatable bonds is 5. The minimum absolute atomic E-state index is 0.125. The van der Waals surface area contributed by atoms with Gasteiger partial charge in [0.15, 0.2) is 0 Å². The van der Waals surface area contributed by atoms with Gasteiger partial charge >= 0.3 is 0 Å². The van der Waals surface area contributed by atoms with E-state index in [1.54, 1.807) is 31.2 Å². The van der Waals surface area contributed by atoms with Gasteiger partial charge in [0.05, 0.1) is 12.7 Å². The van der Waals surface area contributed by atoms with Crippen LogP contribution in [0.15, 0.2) is 24.3 Å². The molecular weight excluding hydrogens is 284 g/mol. The number of hydrogen-bond acceptors (Lipinski definition) is 4. The van der Waals surface area contributed by atoms with Crippen LogP contribution in [0.5, 0.6) is 0 Å². The summed E-state index contributed by atoms with van der Waals surface area (Å²) in [6.07, 6.45) is -0.436. The highest BCUT2D eigenvalue weighted by Gasteiger charge is 2.35. The molecule has 0 aliphatic carbocycles. The molecule has 1 aliphatic heterocycles. The highest BCUT2D eigenvalue weighted by molar-refractivity contribution is 5.94. The van der Waals surface area contributed by atoms with E-state index in [9.17, 15) is 14.7 Å². The van der Waals surface area contributed by atoms with Crippen LogP contribution in [0.1, 0.15) is 22.3 Å². The Morgan fingerprint density at radius 3 is 2.86 bits per heavy atom. The standard InChI is InChI=1S/C16H22N2O4/c1-17-15(20)7-13-8-18(9-14(13)19)16(21)12-5-3-4-11(6-12)10-22-2/h3-6,13-14,19H,7-10H2,1-2H3,(H,17,20)/t13-,14-/m0/s1. The third kappa shape index (κ3) is 3.84. The molecule has 0 aromatic heterocycles. The highest BCUT2D eigenvalue weighted by atomic mass is 16.5. The first-order chi connectivity index (χ1) is 10.5. The number of carbonyl (C=O) groups excluding carboxylic acids is 2. The van der Waals surface area contributed by atoms with Crippen molar-refractivity contribution < 1.29 is 19.4 Å². The number of aliphatic hydroxyl groups is 1. The normalized spacial score (nSPS) is 21.0. The second-order valence-corrected chi connectivity index (χ2v) is 5.55. The Labute approximate surface area is 130 Å². The minimum Gasteiger partial charge on any atom is -0.391 e. The zero-order valence-electron chi connectivity index (χ0n) is 12.9. The van der Waals surface area contributed by atoms with Gasteiger partial charge in [0.25, 0.3) is 5.91 Å². The summed E-state index contributed by atoms with van der Waals surface area (Å²) in [7, 11) is 3.17. The molecule has 0 radical (unpaired) electrons. The quantitative estimate of drug-likeness (QED) is 0.825. The summed E-state index contributed by atoms with van der Waals surface area (Å²) in [6.45, 7) is 1.10. The molecule has 1 aromatic rings. The smallest absolute Gasteiger partial charge is 0.253 e. The summed E-state index contributed by atoms with van der Waals surface area (Å²) in [4.78, 5) is 25.6. The molecule has 6 nitrogen and oxygen atoms in total. The fourth-order valence-corrected chi connectivity index (χ4v) is 2.70. The number of carbonyl (C=O) groups is 2. The molecule has 2 amide bonds. The molecule has 22 heavy (non-hydrogen) atoms. The number of amides is 2. The molecule has 6 heteroatoms. The molecule has 1 fully saturated rings. The van der Waals surface area contributed by atoms with Crippen LogP contribution in [0, 0.1) is 5.92 Å². The van der Waals surface area contributed by atoms with Crippen LogP contribution >= 0.6 is 0 Å². The van der Waals surface area contributed by atoms with Gasteiger partial charge in [-0.15, -0.1) is 0 Å². The molecule has 0 bridgehead atoms. The minimum atomic E-state index is -0.664. The molecule has 2 N–H and O–H groups in total. The van der Waals surface area contributed by atoms with E-state index in [4.69, 9.17) is 4.74 Å². The maximum absolute atomic E-state index is 12.5. The van der Waals surface area contributed by atoms with E-state index in [2.05, 4.69) is 5.32 Å². The van der Waals surface area contributed by atoms with E-state index < -0.39 is 6.10 Å². The second-order valence-electron chi connectivity index (χ2n) is 5.55. The fraction of sp³-hybridized carbons (Fsp3) is 0.500. The van der Waals surface area contributed by atoms with Gasteiger partial charge in [-0.25, -0.2) is 0 Å². The van der Waals surface area contributed by atoms with Gasteiger partial charge in [-0.1, -0.05) is 12.1 Å². The Balaban J connectivity index is 2.04. The van der Waals surface area contributed by atoms with Crippen molar-refractivity contribution in [3.8, 4) is 0 Å². The molecule has 1 aliphatic rings. The number of hydrogen-bond donors (Lipinski definition) is 2. The first-order valence-electron chi connectivity index (χ1n) is 7.31. The molecule has 120 valence electrons. The Hall–Kier alpha value is -1.92. The third-order valence-electron chi connectivity index (χ3n) is 3.91. The molecular formula is C16H22N2O4. The van der Waals surface area contributed by atoms with Gasteiger partial charge in [0, 0.05) is 45.1 Å². The number of aliphatic hydroxyl groups excluding tert-OH is 1. The van der Waals surface area contributed by atoms with Crippen LogP contribution in [-0.2, 0) is 16.1 Å². The van der Waals surface area contributed by atoms with Crippen LogP contribution < -0.4 is 5.32 Å². The van der Waals surface area contributed by atoms with Crippen molar-refractivity contribution in [3.05, 3.63) is 35.4 Å². The van der Waals surface area contributed by atoms with Crippen molar-refractivity contribution in [1.82, 2.24) is 10.2 Å². The van der Waals surface area contributed by atoms with E-state index in [-0.39, 0.29) is 30.7 Å². The van der Waals surface area contributed by atoms with Gasteiger partial charge in [-0.2, -0.15) is 0 Å². The van der Waals surface area contributed by atoms with Crippen LogP contribution in [-0.4, -0.2) is 55.2 Å². The zero-order chi connectivity index (χ0) is 16.1. The topological polar surface area (TPSA) is 78.9 Å². The number of likely N-dealkylation sites (tertiary alicyclic amines) is 1. The van der Waals surface area contributed by atoms with Gasteiger partial charge < -0.3 is 20.1 Å². The summed E-state index contributed by atoms with van der Waals surface area (Å²) in [5.74, 6) is -0.470. The number of ether oxygens (including phenoxy) is 1. The lowest BCUT2D eigenvalue weighted by atomic mass is 10.0. The monoisotopic (exact) mass is 306 g/mol. The number of methoxy groups -OCH3 is 1. The molecule has 2 rings (SSSR count). The first-order valence-corrected chi connectivity index (χ1v) is 7.31. The van der Waals surface area contributed by atoms with E-state index >= 15 is 0 Å². The number of nitrogens with zero attached hydrogens (tertiary/aromatic N) is 1. The van der Waals surface area contributed by atoms with Crippen molar-refractivity contribution >= 4 is 11.8 Å². The van der Waals surface area contributed by atoms with E-state index in [0.717, 1.165) is 5.56 Å². The summed E-state index contributed by atoms with van der Waals surface area (Å²) in [5, 5.41) is 12.6. The first kappa shape index (κ1) is 16.5. The lowest BCUT2D eigenvalue weighted by molar-refractivity contribution is -0.122. The Kier molecular flexibility index (Phi) is 5.51. The van der Waals surface area contributed by atoms with Gasteiger partial charge in [-0.3, -0.25) is 9.59 Å². The van der Waals surface area contributed by atoms with Gasteiger partial charge in [-0.05, 0) is 17.7 Å². The Morgan fingerprint density at radius 2 is 2.18 bits per heavy atom. The van der Waals surface area contributed by atoms with Crippen LogP contribution in [0.4, 0.5) is 0 Å². The summed E-state index contributed by atoms with van der Waals surface area (Å²) in [6, 6.07) is 7.26. The van der Waals surface area contributed by atoms with E-state index in [1.807, 2.05) is 12.1 Å². The molecule has 0 spiro atoms. The predicted octanol–water partition coefficient (Wildman–Crippen LogP) is 0.402. The molecule has 1 aromatic carbocycles. The molecule has 0 unspecified atom stereocenters. The average Bonchev–Trinajstić information content (AvgIpc) is 2.88. The summed E-state index contributed by atoms with van der Waals surface area (Å²) in [5.41, 5.74) is 1.50. The van der Waals surface area contributed by atoms with Crippen molar-refractivity contribution in [1.29, 1.82) is 0 Å². The summed E-state index contributed by atoms with van der Waals surface area (Å²) >= 11 is 0. The van der Waals surface area contributed by atoms with Crippen molar-refractivity contribution in [3.63, 3.8) is 0 Å². The van der Waals surface area contributed by atoms with Gasteiger partial charge in [0.2, 0.25) is 5.91 Å². The van der Waals surface area contributed by atoms with E-state index in [1.165, 1.54) is 0 Å². The number of β-amino-alcohol motifs (C(OH)–C–C–N with tert-alkyl or cyclic N) is 1. The zero-order valence-corrected chi connectivity index (χ0v) is 12.9. The second kappa shape index (κ2) is 7.38. The van der Waals surface area contributed by atoms with Crippen LogP contribution in [0.25, 0.3) is 0 Å². The predicted molar refractivity (Wildman–Crippen MR) is 81.2 cm³/mol. The van der Waals surface area contributed by atoms with Crippen molar-refractivity contribution in [2.24, 2.45) is 5.92 Å². The molecule has 2 atom stereocenters. The summed E-state index contributed by atoms with van der Waals surface area (Å²) < 4.78 is 5.07. The van der Waals surface area contributed by atoms with Crippen molar-refractivity contribution in [2.75, 3.05) is 27.2 Å². The van der Waals surface area contributed by atoms with Crippen LogP contribution in [0.3, 0.4) is 0 Å². The molecule has 1 heterocycles. The average molecular weight is 306 g/mol. The lowest BCUT2D eigenvalue weighted by Crippen LogP contribution is -2.30. The fourth-order valence-electron chi connectivity index (χ4n) is 2.70. The Morgan fingerprint density at radius 1 is 1.41 bits per heavy atom. The molecule has 1 saturated heterocycles. The lowest BCUT2D eigenvalue weighted by Gasteiger charge is -2.16. The number of nitrogens with one attached hydrogen (secondary N) is 1. The largest absolute Gasteiger partial charge is 0.391 e. The Bertz CT molecular complexity index is 547. The van der Waals surface area contributed by atoms with E-state index in [0.29, 0.717) is 18.7 Å². The highest BCUT2D eigenvalue weighted by Crippen LogP contribution is 2.22. The van der Waals surface area contributed by atoms with Crippen molar-refractivity contribution in [2.45, 2.75) is 19.1 Å². The number of benzene rings is 1.